The number of imidazole rings is 1. The van der Waals surface area contributed by atoms with E-state index in [4.69, 9.17) is 5.11 Å². The highest BCUT2D eigenvalue weighted by Crippen LogP contribution is 2.09. The van der Waals surface area contributed by atoms with Crippen LogP contribution in [0.2, 0.25) is 0 Å². The van der Waals surface area contributed by atoms with Crippen molar-refractivity contribution in [3.8, 4) is 6.01 Å². The summed E-state index contributed by atoms with van der Waals surface area (Å²) in [7, 11) is 1.81. The van der Waals surface area contributed by atoms with Crippen LogP contribution in [0.15, 0.2) is 12.5 Å². The lowest BCUT2D eigenvalue weighted by atomic mass is 10.6. The minimum absolute atomic E-state index is 0.221. The van der Waals surface area contributed by atoms with Crippen molar-refractivity contribution in [3.63, 3.8) is 0 Å². The first kappa shape index (κ1) is 6.09. The predicted molar refractivity (Wildman–Crippen MR) is 38.0 cm³/mol. The van der Waals surface area contributed by atoms with E-state index >= 15 is 0 Å². The molecule has 0 saturated carbocycles. The van der Waals surface area contributed by atoms with E-state index in [1.54, 1.807) is 10.9 Å². The fourth-order valence-corrected chi connectivity index (χ4v) is 0.912. The Morgan fingerprint density at radius 2 is 2.27 bits per heavy atom. The molecular formula is C6H6N4O. The van der Waals surface area contributed by atoms with Crippen molar-refractivity contribution in [2.45, 2.75) is 0 Å². The van der Waals surface area contributed by atoms with Gasteiger partial charge in [0.1, 0.15) is 5.52 Å². The molecule has 56 valence electrons. The van der Waals surface area contributed by atoms with Crippen molar-refractivity contribution in [2.75, 3.05) is 0 Å². The molecule has 2 aromatic heterocycles. The Morgan fingerprint density at radius 1 is 1.45 bits per heavy atom. The van der Waals surface area contributed by atoms with Crippen LogP contribution in [0.25, 0.3) is 11.2 Å². The molecule has 0 spiro atoms. The molecule has 0 radical (unpaired) electrons. The van der Waals surface area contributed by atoms with Crippen molar-refractivity contribution >= 4 is 11.2 Å². The SMILES string of the molecule is Cn1cnc2cnc(O)nc21. The van der Waals surface area contributed by atoms with Crippen LogP contribution in [0.4, 0.5) is 0 Å². The third-order valence-corrected chi connectivity index (χ3v) is 1.44. The summed E-state index contributed by atoms with van der Waals surface area (Å²) >= 11 is 0. The number of hydrogen-bond acceptors (Lipinski definition) is 4. The molecule has 0 fully saturated rings. The zero-order valence-electron chi connectivity index (χ0n) is 5.89. The summed E-state index contributed by atoms with van der Waals surface area (Å²) in [5, 5.41) is 8.91. The van der Waals surface area contributed by atoms with Crippen LogP contribution in [0.3, 0.4) is 0 Å². The van der Waals surface area contributed by atoms with Crippen LogP contribution in [0.5, 0.6) is 6.01 Å². The predicted octanol–water partition coefficient (Wildman–Crippen LogP) is 0.0689. The summed E-state index contributed by atoms with van der Waals surface area (Å²) in [6.07, 6.45) is 3.11. The van der Waals surface area contributed by atoms with Crippen molar-refractivity contribution in [3.05, 3.63) is 12.5 Å². The lowest BCUT2D eigenvalue weighted by molar-refractivity contribution is 0.432. The molecule has 1 N–H and O–H groups in total. The summed E-state index contributed by atoms with van der Waals surface area (Å²) in [5.41, 5.74) is 1.32. The second-order valence-electron chi connectivity index (χ2n) is 2.23. The minimum atomic E-state index is -0.221. The highest BCUT2D eigenvalue weighted by molar-refractivity contribution is 5.69. The number of fused-ring (bicyclic) bond motifs is 1. The van der Waals surface area contributed by atoms with Crippen molar-refractivity contribution in [1.29, 1.82) is 0 Å². The Morgan fingerprint density at radius 3 is 3.09 bits per heavy atom. The first-order valence-electron chi connectivity index (χ1n) is 3.10. The molecule has 2 heterocycles. The van der Waals surface area contributed by atoms with Gasteiger partial charge in [-0.3, -0.25) is 0 Å². The normalized spacial score (nSPS) is 10.6. The summed E-state index contributed by atoms with van der Waals surface area (Å²) in [6.45, 7) is 0. The van der Waals surface area contributed by atoms with Gasteiger partial charge in [0.15, 0.2) is 5.65 Å². The van der Waals surface area contributed by atoms with Gasteiger partial charge >= 0.3 is 6.01 Å². The first-order chi connectivity index (χ1) is 5.27. The molecule has 5 nitrogen and oxygen atoms in total. The van der Waals surface area contributed by atoms with Crippen molar-refractivity contribution in [2.24, 2.45) is 7.05 Å². The average molecular weight is 150 g/mol. The van der Waals surface area contributed by atoms with E-state index in [9.17, 15) is 0 Å². The molecule has 0 unspecified atom stereocenters. The van der Waals surface area contributed by atoms with E-state index in [2.05, 4.69) is 15.0 Å². The second-order valence-corrected chi connectivity index (χ2v) is 2.23. The summed E-state index contributed by atoms with van der Waals surface area (Å²) in [6, 6.07) is -0.221. The Hall–Kier alpha value is -1.65. The van der Waals surface area contributed by atoms with E-state index in [0.717, 1.165) is 0 Å². The maximum absolute atomic E-state index is 8.91. The maximum Gasteiger partial charge on any atom is 0.315 e. The monoisotopic (exact) mass is 150 g/mol. The lowest BCUT2D eigenvalue weighted by Gasteiger charge is -1.91. The van der Waals surface area contributed by atoms with E-state index in [-0.39, 0.29) is 6.01 Å². The highest BCUT2D eigenvalue weighted by atomic mass is 16.3. The quantitative estimate of drug-likeness (QED) is 0.577. The summed E-state index contributed by atoms with van der Waals surface area (Å²) < 4.78 is 1.72. The van der Waals surface area contributed by atoms with Gasteiger partial charge in [-0.1, -0.05) is 0 Å². The molecule has 0 saturated heterocycles. The molecule has 2 aromatic rings. The smallest absolute Gasteiger partial charge is 0.315 e. The molecule has 0 aliphatic heterocycles. The van der Waals surface area contributed by atoms with Crippen LogP contribution in [-0.2, 0) is 7.05 Å². The van der Waals surface area contributed by atoms with E-state index < -0.39 is 0 Å². The van der Waals surface area contributed by atoms with Crippen LogP contribution in [-0.4, -0.2) is 24.6 Å². The molecular weight excluding hydrogens is 144 g/mol. The molecule has 0 amide bonds. The van der Waals surface area contributed by atoms with E-state index in [0.29, 0.717) is 11.2 Å². The number of hydrogen-bond donors (Lipinski definition) is 1. The van der Waals surface area contributed by atoms with Gasteiger partial charge in [0.25, 0.3) is 0 Å². The lowest BCUT2D eigenvalue weighted by Crippen LogP contribution is -1.88. The van der Waals surface area contributed by atoms with Gasteiger partial charge in [0.2, 0.25) is 0 Å². The van der Waals surface area contributed by atoms with Gasteiger partial charge in [-0.05, 0) is 0 Å². The largest absolute Gasteiger partial charge is 0.479 e. The molecule has 0 bridgehead atoms. The molecule has 0 aromatic carbocycles. The third-order valence-electron chi connectivity index (χ3n) is 1.44. The number of aromatic nitrogens is 4. The minimum Gasteiger partial charge on any atom is -0.479 e. The average Bonchev–Trinajstić information content (AvgIpc) is 2.33. The van der Waals surface area contributed by atoms with Crippen LogP contribution in [0.1, 0.15) is 0 Å². The van der Waals surface area contributed by atoms with Gasteiger partial charge in [-0.2, -0.15) is 4.98 Å². The zero-order chi connectivity index (χ0) is 7.84. The maximum atomic E-state index is 8.91. The molecule has 5 heteroatoms. The van der Waals surface area contributed by atoms with Gasteiger partial charge in [0, 0.05) is 7.05 Å². The first-order valence-corrected chi connectivity index (χ1v) is 3.10. The van der Waals surface area contributed by atoms with Crippen LogP contribution in [0, 0.1) is 0 Å². The van der Waals surface area contributed by atoms with Crippen molar-refractivity contribution in [1.82, 2.24) is 19.5 Å². The summed E-state index contributed by atoms with van der Waals surface area (Å²) in [4.78, 5) is 11.4. The number of aryl methyl sites for hydroxylation is 1. The number of aromatic hydroxyl groups is 1. The van der Waals surface area contributed by atoms with Crippen LogP contribution >= 0.6 is 0 Å². The third kappa shape index (κ3) is 0.813. The second kappa shape index (κ2) is 1.91. The Balaban J connectivity index is 2.87. The van der Waals surface area contributed by atoms with Gasteiger partial charge in [-0.15, -0.1) is 0 Å². The Kier molecular flexibility index (Phi) is 1.06. The van der Waals surface area contributed by atoms with E-state index in [1.807, 2.05) is 7.05 Å². The topological polar surface area (TPSA) is 63.8 Å². The Bertz CT molecular complexity index is 394. The zero-order valence-corrected chi connectivity index (χ0v) is 5.89. The fourth-order valence-electron chi connectivity index (χ4n) is 0.912. The molecule has 0 aliphatic rings. The van der Waals surface area contributed by atoms with Gasteiger partial charge < -0.3 is 9.67 Å². The molecule has 0 atom stereocenters. The van der Waals surface area contributed by atoms with Gasteiger partial charge in [0.05, 0.1) is 12.5 Å². The Labute approximate surface area is 62.4 Å². The molecule has 2 rings (SSSR count). The highest BCUT2D eigenvalue weighted by Gasteiger charge is 2.01. The molecule has 0 aliphatic carbocycles. The molecule has 11 heavy (non-hydrogen) atoms. The number of nitrogens with zero attached hydrogens (tertiary/aromatic N) is 4. The van der Waals surface area contributed by atoms with Crippen molar-refractivity contribution < 1.29 is 5.11 Å². The van der Waals surface area contributed by atoms with Crippen LogP contribution < -0.4 is 0 Å². The van der Waals surface area contributed by atoms with Gasteiger partial charge in [-0.25, -0.2) is 9.97 Å². The standard InChI is InChI=1S/C6H6N4O/c1-10-3-8-4-2-7-6(11)9-5(4)10/h2-3H,1H3,(H,7,9,11). The number of rotatable bonds is 0. The van der Waals surface area contributed by atoms with E-state index in [1.165, 1.54) is 6.20 Å². The summed E-state index contributed by atoms with van der Waals surface area (Å²) in [5.74, 6) is 0. The fraction of sp³-hybridized carbons (Fsp3) is 0.167.